The lowest BCUT2D eigenvalue weighted by molar-refractivity contribution is -0.145. The summed E-state index contributed by atoms with van der Waals surface area (Å²) in [7, 11) is 0. The van der Waals surface area contributed by atoms with Crippen LogP contribution in [0, 0.1) is 0 Å². The molecule has 0 unspecified atom stereocenters. The second kappa shape index (κ2) is 10.3. The van der Waals surface area contributed by atoms with E-state index in [0.29, 0.717) is 30.2 Å². The molecule has 27 heavy (non-hydrogen) atoms. The van der Waals surface area contributed by atoms with E-state index in [1.165, 1.54) is 0 Å². The Labute approximate surface area is 161 Å². The van der Waals surface area contributed by atoms with E-state index < -0.39 is 11.6 Å². The van der Waals surface area contributed by atoms with Gasteiger partial charge in [-0.15, -0.1) is 0 Å². The molecule has 1 aromatic rings. The number of anilines is 1. The van der Waals surface area contributed by atoms with Crippen molar-refractivity contribution in [3.05, 3.63) is 23.8 Å². The van der Waals surface area contributed by atoms with Crippen LogP contribution in [0.1, 0.15) is 69.7 Å². The molecule has 1 aliphatic rings. The predicted molar refractivity (Wildman–Crippen MR) is 104 cm³/mol. The van der Waals surface area contributed by atoms with Gasteiger partial charge in [0.1, 0.15) is 16.9 Å². The van der Waals surface area contributed by atoms with Crippen LogP contribution < -0.4 is 10.1 Å². The summed E-state index contributed by atoms with van der Waals surface area (Å²) in [6.07, 6.45) is 5.34. The smallest absolute Gasteiger partial charge is 0.341 e. The zero-order valence-corrected chi connectivity index (χ0v) is 16.6. The van der Waals surface area contributed by atoms with Gasteiger partial charge in [-0.2, -0.15) is 0 Å². The van der Waals surface area contributed by atoms with Gasteiger partial charge in [-0.05, 0) is 51.3 Å². The van der Waals surface area contributed by atoms with Gasteiger partial charge in [0.25, 0.3) is 5.91 Å². The summed E-state index contributed by atoms with van der Waals surface area (Å²) in [6.45, 7) is 6.93. The molecule has 0 radical (unpaired) electrons. The van der Waals surface area contributed by atoms with Crippen LogP contribution >= 0.6 is 0 Å². The molecular weight excluding hydrogens is 346 g/mol. The van der Waals surface area contributed by atoms with E-state index in [-0.39, 0.29) is 12.5 Å². The Morgan fingerprint density at radius 3 is 2.44 bits per heavy atom. The fourth-order valence-corrected chi connectivity index (χ4v) is 3.40. The molecule has 0 heterocycles. The molecule has 1 fully saturated rings. The third-order valence-electron chi connectivity index (χ3n) is 4.69. The van der Waals surface area contributed by atoms with Crippen molar-refractivity contribution in [2.24, 2.45) is 0 Å². The Morgan fingerprint density at radius 2 is 1.81 bits per heavy atom. The zero-order chi connectivity index (χ0) is 19.7. The number of hydrogen-bond acceptors (Lipinski definition) is 5. The number of carbonyl (C=O) groups is 2. The molecule has 150 valence electrons. The number of carbonyl (C=O) groups excluding carboxylic acids is 2. The number of nitrogens with one attached hydrogen (secondary N) is 1. The maximum atomic E-state index is 13.0. The minimum atomic E-state index is -0.783. The van der Waals surface area contributed by atoms with Crippen molar-refractivity contribution < 1.29 is 23.8 Å². The van der Waals surface area contributed by atoms with E-state index in [1.807, 2.05) is 13.8 Å². The van der Waals surface area contributed by atoms with Crippen molar-refractivity contribution >= 4 is 17.6 Å². The summed E-state index contributed by atoms with van der Waals surface area (Å²) in [5.41, 5.74) is 0.0721. The van der Waals surface area contributed by atoms with Crippen molar-refractivity contribution in [3.63, 3.8) is 0 Å². The molecule has 6 nitrogen and oxygen atoms in total. The summed E-state index contributed by atoms with van der Waals surface area (Å²) < 4.78 is 16.6. The van der Waals surface area contributed by atoms with Gasteiger partial charge in [0.15, 0.2) is 0 Å². The molecule has 1 aromatic carbocycles. The van der Waals surface area contributed by atoms with Crippen LogP contribution in [0.25, 0.3) is 0 Å². The first-order chi connectivity index (χ1) is 13.1. The third-order valence-corrected chi connectivity index (χ3v) is 4.69. The monoisotopic (exact) mass is 377 g/mol. The molecule has 2 rings (SSSR count). The maximum Gasteiger partial charge on any atom is 0.341 e. The van der Waals surface area contributed by atoms with E-state index in [9.17, 15) is 9.59 Å². The van der Waals surface area contributed by atoms with Crippen molar-refractivity contribution in [2.75, 3.05) is 25.1 Å². The fraction of sp³-hybridized carbons (Fsp3) is 0.619. The summed E-state index contributed by atoms with van der Waals surface area (Å²) in [4.78, 5) is 25.3. The topological polar surface area (TPSA) is 73.9 Å². The SMILES string of the molecule is CCCOc1ccc(NC(=O)C2(OCC)CCCCC2)cc1C(=O)OCC. The van der Waals surface area contributed by atoms with Gasteiger partial charge in [-0.3, -0.25) is 4.79 Å². The van der Waals surface area contributed by atoms with Crippen molar-refractivity contribution in [1.82, 2.24) is 0 Å². The second-order valence-corrected chi connectivity index (χ2v) is 6.72. The van der Waals surface area contributed by atoms with Crippen LogP contribution in [0.4, 0.5) is 5.69 Å². The highest BCUT2D eigenvalue weighted by atomic mass is 16.5. The van der Waals surface area contributed by atoms with Gasteiger partial charge >= 0.3 is 5.97 Å². The Kier molecular flexibility index (Phi) is 8.10. The highest BCUT2D eigenvalue weighted by molar-refractivity contribution is 5.99. The molecular formula is C21H31NO5. The number of amides is 1. The van der Waals surface area contributed by atoms with Gasteiger partial charge in [-0.1, -0.05) is 26.2 Å². The lowest BCUT2D eigenvalue weighted by Gasteiger charge is -2.35. The first-order valence-corrected chi connectivity index (χ1v) is 9.95. The van der Waals surface area contributed by atoms with Crippen molar-refractivity contribution in [1.29, 1.82) is 0 Å². The molecule has 1 saturated carbocycles. The van der Waals surface area contributed by atoms with Crippen LogP contribution in [0.2, 0.25) is 0 Å². The number of hydrogen-bond donors (Lipinski definition) is 1. The predicted octanol–water partition coefficient (Wildman–Crippen LogP) is 4.33. The molecule has 0 atom stereocenters. The minimum Gasteiger partial charge on any atom is -0.493 e. The summed E-state index contributed by atoms with van der Waals surface area (Å²) in [5, 5.41) is 2.93. The maximum absolute atomic E-state index is 13.0. The van der Waals surface area contributed by atoms with Crippen LogP contribution in [-0.4, -0.2) is 37.3 Å². The quantitative estimate of drug-likeness (QED) is 0.649. The first kappa shape index (κ1) is 21.2. The number of esters is 1. The van der Waals surface area contributed by atoms with Gasteiger partial charge < -0.3 is 19.5 Å². The normalized spacial score (nSPS) is 15.8. The first-order valence-electron chi connectivity index (χ1n) is 9.95. The molecule has 1 amide bonds. The Morgan fingerprint density at radius 1 is 1.07 bits per heavy atom. The van der Waals surface area contributed by atoms with E-state index in [1.54, 1.807) is 25.1 Å². The third kappa shape index (κ3) is 5.45. The molecule has 1 N–H and O–H groups in total. The number of rotatable bonds is 9. The second-order valence-electron chi connectivity index (χ2n) is 6.72. The molecule has 0 spiro atoms. The van der Waals surface area contributed by atoms with E-state index >= 15 is 0 Å². The molecule has 6 heteroatoms. The highest BCUT2D eigenvalue weighted by Gasteiger charge is 2.40. The summed E-state index contributed by atoms with van der Waals surface area (Å²) in [5.74, 6) is -0.150. The fourth-order valence-electron chi connectivity index (χ4n) is 3.40. The standard InChI is InChI=1S/C21H31NO5/c1-4-14-26-18-11-10-16(15-17(18)19(23)25-5-2)22-20(24)21(27-6-3)12-8-7-9-13-21/h10-11,15H,4-9,12-14H2,1-3H3,(H,22,24). The summed E-state index contributed by atoms with van der Waals surface area (Å²) in [6, 6.07) is 5.06. The molecule has 0 bridgehead atoms. The molecule has 1 aliphatic carbocycles. The lowest BCUT2D eigenvalue weighted by Crippen LogP contribution is -2.47. The lowest BCUT2D eigenvalue weighted by atomic mass is 9.83. The molecule has 0 aromatic heterocycles. The minimum absolute atomic E-state index is 0.152. The van der Waals surface area contributed by atoms with E-state index in [4.69, 9.17) is 14.2 Å². The average Bonchev–Trinajstić information content (AvgIpc) is 2.68. The number of ether oxygens (including phenoxy) is 3. The van der Waals surface area contributed by atoms with E-state index in [2.05, 4.69) is 5.32 Å². The Balaban J connectivity index is 2.22. The Bertz CT molecular complexity index is 632. The summed E-state index contributed by atoms with van der Waals surface area (Å²) >= 11 is 0. The van der Waals surface area contributed by atoms with Crippen LogP contribution in [0.15, 0.2) is 18.2 Å². The van der Waals surface area contributed by atoms with Gasteiger partial charge in [0.2, 0.25) is 0 Å². The number of benzene rings is 1. The van der Waals surface area contributed by atoms with Crippen LogP contribution in [0.5, 0.6) is 5.75 Å². The largest absolute Gasteiger partial charge is 0.493 e. The van der Waals surface area contributed by atoms with Crippen molar-refractivity contribution in [2.45, 2.75) is 64.9 Å². The van der Waals surface area contributed by atoms with Crippen LogP contribution in [-0.2, 0) is 14.3 Å². The highest BCUT2D eigenvalue weighted by Crippen LogP contribution is 2.33. The van der Waals surface area contributed by atoms with E-state index in [0.717, 1.165) is 38.5 Å². The van der Waals surface area contributed by atoms with Gasteiger partial charge in [-0.25, -0.2) is 4.79 Å². The zero-order valence-electron chi connectivity index (χ0n) is 16.6. The molecule has 0 aliphatic heterocycles. The molecule has 0 saturated heterocycles. The van der Waals surface area contributed by atoms with Gasteiger partial charge in [0.05, 0.1) is 13.2 Å². The van der Waals surface area contributed by atoms with Crippen molar-refractivity contribution in [3.8, 4) is 5.75 Å². The van der Waals surface area contributed by atoms with Gasteiger partial charge in [0, 0.05) is 12.3 Å². The average molecular weight is 377 g/mol. The van der Waals surface area contributed by atoms with Crippen LogP contribution in [0.3, 0.4) is 0 Å². The Hall–Kier alpha value is -2.08.